The van der Waals surface area contributed by atoms with E-state index in [1.807, 2.05) is 13.8 Å². The summed E-state index contributed by atoms with van der Waals surface area (Å²) in [5, 5.41) is 3.81. The molecule has 1 aliphatic heterocycles. The molecule has 5 heteroatoms. The molecule has 1 fully saturated rings. The van der Waals surface area contributed by atoms with Gasteiger partial charge in [0.05, 0.1) is 11.4 Å². The van der Waals surface area contributed by atoms with E-state index in [2.05, 4.69) is 27.1 Å². The number of halogens is 1. The molecule has 20 heavy (non-hydrogen) atoms. The summed E-state index contributed by atoms with van der Waals surface area (Å²) >= 11 is 6.13. The number of aryl methyl sites for hydroxylation is 2. The summed E-state index contributed by atoms with van der Waals surface area (Å²) in [7, 11) is 0. The van der Waals surface area contributed by atoms with Crippen molar-refractivity contribution in [2.24, 2.45) is 5.92 Å². The van der Waals surface area contributed by atoms with Crippen LogP contribution in [0, 0.1) is 19.8 Å². The molecule has 1 aromatic rings. The van der Waals surface area contributed by atoms with Crippen LogP contribution >= 0.6 is 11.6 Å². The fourth-order valence-corrected chi connectivity index (χ4v) is 2.84. The largest absolute Gasteiger partial charge is 0.367 e. The highest BCUT2D eigenvalue weighted by Crippen LogP contribution is 2.19. The zero-order chi connectivity index (χ0) is 14.5. The monoisotopic (exact) mass is 296 g/mol. The normalized spacial score (nSPS) is 18.0. The van der Waals surface area contributed by atoms with Gasteiger partial charge in [0.2, 0.25) is 0 Å². The van der Waals surface area contributed by atoms with Crippen molar-refractivity contribution < 1.29 is 0 Å². The van der Waals surface area contributed by atoms with E-state index in [1.165, 1.54) is 32.4 Å². The molecule has 0 bridgehead atoms. The van der Waals surface area contributed by atoms with E-state index in [0.29, 0.717) is 16.9 Å². The number of rotatable bonds is 5. The predicted molar refractivity (Wildman–Crippen MR) is 84.5 cm³/mol. The number of anilines is 1. The van der Waals surface area contributed by atoms with Crippen LogP contribution in [0.3, 0.4) is 0 Å². The predicted octanol–water partition coefficient (Wildman–Crippen LogP) is 3.28. The van der Waals surface area contributed by atoms with Gasteiger partial charge >= 0.3 is 0 Å². The Kier molecular flexibility index (Phi) is 5.61. The van der Waals surface area contributed by atoms with Crippen LogP contribution in [0.25, 0.3) is 0 Å². The lowest BCUT2D eigenvalue weighted by Crippen LogP contribution is -2.35. The lowest BCUT2D eigenvalue weighted by molar-refractivity contribution is 0.204. The first-order valence-electron chi connectivity index (χ1n) is 7.53. The molecule has 0 aromatic carbocycles. The van der Waals surface area contributed by atoms with E-state index >= 15 is 0 Å². The number of nitrogens with one attached hydrogen (secondary N) is 1. The molecule has 1 N–H and O–H groups in total. The van der Waals surface area contributed by atoms with Crippen LogP contribution in [0.4, 0.5) is 5.82 Å². The molecule has 0 aliphatic carbocycles. The van der Waals surface area contributed by atoms with Crippen molar-refractivity contribution in [2.75, 3.05) is 31.5 Å². The summed E-state index contributed by atoms with van der Waals surface area (Å²) in [5.74, 6) is 1.29. The first kappa shape index (κ1) is 15.5. The fraction of sp³-hybridized carbons (Fsp3) is 0.733. The van der Waals surface area contributed by atoms with Gasteiger partial charge in [-0.25, -0.2) is 9.97 Å². The van der Waals surface area contributed by atoms with E-state index in [-0.39, 0.29) is 0 Å². The number of aromatic nitrogens is 2. The summed E-state index contributed by atoms with van der Waals surface area (Å²) in [6.45, 7) is 10.7. The van der Waals surface area contributed by atoms with E-state index < -0.39 is 0 Å². The van der Waals surface area contributed by atoms with Crippen molar-refractivity contribution in [2.45, 2.75) is 40.0 Å². The van der Waals surface area contributed by atoms with Crippen LogP contribution in [-0.4, -0.2) is 41.0 Å². The number of hydrogen-bond acceptors (Lipinski definition) is 4. The average molecular weight is 297 g/mol. The lowest BCUT2D eigenvalue weighted by atomic mass is 10.1. The minimum absolute atomic E-state index is 0.471. The molecule has 1 saturated heterocycles. The molecular formula is C15H25ClN4. The van der Waals surface area contributed by atoms with Gasteiger partial charge in [-0.05, 0) is 45.7 Å². The molecule has 1 unspecified atom stereocenters. The maximum absolute atomic E-state index is 6.13. The molecule has 1 aromatic heterocycles. The summed E-state index contributed by atoms with van der Waals surface area (Å²) in [5.41, 5.74) is 1.82. The highest BCUT2D eigenvalue weighted by molar-refractivity contribution is 6.31. The Morgan fingerprint density at radius 3 is 2.50 bits per heavy atom. The summed E-state index contributed by atoms with van der Waals surface area (Å²) in [6.07, 6.45) is 4.07. The van der Waals surface area contributed by atoms with Gasteiger partial charge in [-0.2, -0.15) is 0 Å². The average Bonchev–Trinajstić information content (AvgIpc) is 2.42. The summed E-state index contributed by atoms with van der Waals surface area (Å²) in [6, 6.07) is 0. The van der Waals surface area contributed by atoms with E-state index in [4.69, 9.17) is 11.6 Å². The number of nitrogens with zero attached hydrogens (tertiary/aromatic N) is 3. The first-order valence-corrected chi connectivity index (χ1v) is 7.91. The van der Waals surface area contributed by atoms with Gasteiger partial charge in [0.25, 0.3) is 0 Å². The summed E-state index contributed by atoms with van der Waals surface area (Å²) in [4.78, 5) is 11.3. The Balaban J connectivity index is 1.83. The van der Waals surface area contributed by atoms with Crippen LogP contribution in [0.1, 0.15) is 37.6 Å². The third-order valence-electron chi connectivity index (χ3n) is 3.90. The standard InChI is InChI=1S/C15H25ClN4/c1-11(10-20-7-5-4-6-8-20)9-17-15-14(16)18-12(2)13(3)19-15/h11H,4-10H2,1-3H3,(H,17,19). The van der Waals surface area contributed by atoms with E-state index in [9.17, 15) is 0 Å². The SMILES string of the molecule is Cc1nc(Cl)c(NCC(C)CN2CCCCC2)nc1C. The molecule has 112 valence electrons. The number of hydrogen-bond donors (Lipinski definition) is 1. The number of piperidine rings is 1. The Morgan fingerprint density at radius 1 is 1.15 bits per heavy atom. The zero-order valence-electron chi connectivity index (χ0n) is 12.7. The molecule has 4 nitrogen and oxygen atoms in total. The molecule has 2 heterocycles. The summed E-state index contributed by atoms with van der Waals surface area (Å²) < 4.78 is 0. The molecule has 0 saturated carbocycles. The van der Waals surface area contributed by atoms with Gasteiger partial charge in [0.1, 0.15) is 0 Å². The van der Waals surface area contributed by atoms with Crippen molar-refractivity contribution in [1.29, 1.82) is 0 Å². The molecular weight excluding hydrogens is 272 g/mol. The van der Waals surface area contributed by atoms with Crippen LogP contribution in [0.5, 0.6) is 0 Å². The maximum atomic E-state index is 6.13. The van der Waals surface area contributed by atoms with Gasteiger partial charge in [-0.1, -0.05) is 24.9 Å². The Bertz CT molecular complexity index is 444. The molecule has 1 atom stereocenters. The number of likely N-dealkylation sites (tertiary alicyclic amines) is 1. The van der Waals surface area contributed by atoms with Gasteiger partial charge < -0.3 is 10.2 Å². The van der Waals surface area contributed by atoms with Gasteiger partial charge in [0.15, 0.2) is 11.0 Å². The molecule has 0 radical (unpaired) electrons. The van der Waals surface area contributed by atoms with Crippen LogP contribution in [0.15, 0.2) is 0 Å². The second kappa shape index (κ2) is 7.23. The fourth-order valence-electron chi connectivity index (χ4n) is 2.61. The second-order valence-electron chi connectivity index (χ2n) is 5.88. The van der Waals surface area contributed by atoms with Crippen molar-refractivity contribution in [1.82, 2.24) is 14.9 Å². The third kappa shape index (κ3) is 4.32. The van der Waals surface area contributed by atoms with Crippen molar-refractivity contribution in [3.63, 3.8) is 0 Å². The van der Waals surface area contributed by atoms with E-state index in [1.54, 1.807) is 0 Å². The minimum atomic E-state index is 0.471. The molecule has 0 amide bonds. The molecule has 0 spiro atoms. The third-order valence-corrected chi connectivity index (χ3v) is 4.16. The van der Waals surface area contributed by atoms with Gasteiger partial charge in [0, 0.05) is 13.1 Å². The van der Waals surface area contributed by atoms with E-state index in [0.717, 1.165) is 24.5 Å². The van der Waals surface area contributed by atoms with Crippen molar-refractivity contribution in [3.8, 4) is 0 Å². The first-order chi connectivity index (χ1) is 9.56. The molecule has 2 rings (SSSR count). The van der Waals surface area contributed by atoms with Gasteiger partial charge in [-0.15, -0.1) is 0 Å². The van der Waals surface area contributed by atoms with Crippen molar-refractivity contribution >= 4 is 17.4 Å². The van der Waals surface area contributed by atoms with Gasteiger partial charge in [-0.3, -0.25) is 0 Å². The Morgan fingerprint density at radius 2 is 1.80 bits per heavy atom. The highest BCUT2D eigenvalue weighted by atomic mass is 35.5. The highest BCUT2D eigenvalue weighted by Gasteiger charge is 2.14. The van der Waals surface area contributed by atoms with Crippen LogP contribution in [0.2, 0.25) is 5.15 Å². The second-order valence-corrected chi connectivity index (χ2v) is 6.24. The maximum Gasteiger partial charge on any atom is 0.171 e. The minimum Gasteiger partial charge on any atom is -0.367 e. The van der Waals surface area contributed by atoms with Crippen LogP contribution in [-0.2, 0) is 0 Å². The Hall–Kier alpha value is -0.870. The lowest BCUT2D eigenvalue weighted by Gasteiger charge is -2.29. The topological polar surface area (TPSA) is 41.1 Å². The zero-order valence-corrected chi connectivity index (χ0v) is 13.5. The van der Waals surface area contributed by atoms with Crippen molar-refractivity contribution in [3.05, 3.63) is 16.5 Å². The molecule has 1 aliphatic rings. The Labute approximate surface area is 126 Å². The van der Waals surface area contributed by atoms with Crippen LogP contribution < -0.4 is 5.32 Å². The smallest absolute Gasteiger partial charge is 0.171 e. The quantitative estimate of drug-likeness (QED) is 0.905.